The summed E-state index contributed by atoms with van der Waals surface area (Å²) in [6.07, 6.45) is 1.97. The zero-order valence-corrected chi connectivity index (χ0v) is 15.5. The first-order chi connectivity index (χ1) is 11.6. The van der Waals surface area contributed by atoms with Gasteiger partial charge in [0.2, 0.25) is 0 Å². The van der Waals surface area contributed by atoms with Crippen LogP contribution in [0.2, 0.25) is 0 Å². The molecule has 0 unspecified atom stereocenters. The van der Waals surface area contributed by atoms with Gasteiger partial charge in [-0.1, -0.05) is 33.8 Å². The molecule has 0 radical (unpaired) electrons. The van der Waals surface area contributed by atoms with Crippen LogP contribution < -0.4 is 0 Å². The summed E-state index contributed by atoms with van der Waals surface area (Å²) in [6, 6.07) is 0. The van der Waals surface area contributed by atoms with Crippen molar-refractivity contribution in [2.45, 2.75) is 65.3 Å². The molecule has 0 bridgehead atoms. The zero-order chi connectivity index (χ0) is 18.9. The molecule has 0 aromatic heterocycles. The fraction of sp³-hybridized carbons (Fsp3) is 0.737. The van der Waals surface area contributed by atoms with Crippen LogP contribution in [0.4, 0.5) is 0 Å². The molecule has 2 rings (SSSR count). The number of esters is 2. The van der Waals surface area contributed by atoms with Gasteiger partial charge in [0.1, 0.15) is 6.10 Å². The second-order valence-electron chi connectivity index (χ2n) is 7.53. The fourth-order valence-electron chi connectivity index (χ4n) is 3.77. The molecular weight excluding hydrogens is 324 g/mol. The maximum Gasteiger partial charge on any atom is 0.309 e. The number of ether oxygens (including phenoxy) is 2. The number of allylic oxidation sites excluding steroid dienone is 1. The van der Waals surface area contributed by atoms with Gasteiger partial charge in [-0.2, -0.15) is 0 Å². The van der Waals surface area contributed by atoms with E-state index in [1.54, 1.807) is 40.7 Å². The minimum absolute atomic E-state index is 0.188. The Morgan fingerprint density at radius 1 is 1.32 bits per heavy atom. The third-order valence-electron chi connectivity index (χ3n) is 5.53. The Morgan fingerprint density at radius 2 is 1.96 bits per heavy atom. The molecule has 6 atom stereocenters. The molecule has 1 aliphatic carbocycles. The largest absolute Gasteiger partial charge is 0.458 e. The number of ketones is 1. The van der Waals surface area contributed by atoms with Crippen LogP contribution in [0.3, 0.4) is 0 Å². The Balaban J connectivity index is 2.51. The number of aliphatic hydroxyl groups is 1. The lowest BCUT2D eigenvalue weighted by Crippen LogP contribution is -2.59. The third-order valence-corrected chi connectivity index (χ3v) is 5.53. The minimum Gasteiger partial charge on any atom is -0.458 e. The van der Waals surface area contributed by atoms with Crippen LogP contribution in [-0.4, -0.2) is 40.6 Å². The van der Waals surface area contributed by atoms with Crippen molar-refractivity contribution < 1.29 is 29.0 Å². The van der Waals surface area contributed by atoms with Crippen molar-refractivity contribution in [2.24, 2.45) is 23.7 Å². The molecule has 6 nitrogen and oxygen atoms in total. The van der Waals surface area contributed by atoms with Crippen LogP contribution in [-0.2, 0) is 23.9 Å². The van der Waals surface area contributed by atoms with Gasteiger partial charge in [0.25, 0.3) is 0 Å². The molecule has 0 amide bonds. The van der Waals surface area contributed by atoms with Gasteiger partial charge in [-0.3, -0.25) is 14.4 Å². The predicted molar refractivity (Wildman–Crippen MR) is 90.4 cm³/mol. The molecule has 0 aromatic carbocycles. The normalized spacial score (nSPS) is 38.4. The Labute approximate surface area is 148 Å². The van der Waals surface area contributed by atoms with E-state index < -0.39 is 41.4 Å². The second-order valence-corrected chi connectivity index (χ2v) is 7.53. The highest BCUT2D eigenvalue weighted by atomic mass is 16.6. The number of carbonyl (C=O) groups excluding carboxylic acids is 3. The maximum absolute atomic E-state index is 12.7. The van der Waals surface area contributed by atoms with E-state index in [9.17, 15) is 19.5 Å². The van der Waals surface area contributed by atoms with E-state index in [0.717, 1.165) is 0 Å². The van der Waals surface area contributed by atoms with Gasteiger partial charge in [-0.15, -0.1) is 0 Å². The van der Waals surface area contributed by atoms with Crippen molar-refractivity contribution in [2.75, 3.05) is 0 Å². The van der Waals surface area contributed by atoms with Crippen LogP contribution in [0.15, 0.2) is 12.2 Å². The third kappa shape index (κ3) is 3.36. The Bertz CT molecular complexity index is 580. The lowest BCUT2D eigenvalue weighted by molar-refractivity contribution is -0.196. The smallest absolute Gasteiger partial charge is 0.309 e. The first-order valence-corrected chi connectivity index (χ1v) is 8.95. The molecule has 1 aliphatic heterocycles. The topological polar surface area (TPSA) is 89.9 Å². The summed E-state index contributed by atoms with van der Waals surface area (Å²) < 4.78 is 11.0. The summed E-state index contributed by atoms with van der Waals surface area (Å²) in [5.41, 5.74) is -1.92. The highest BCUT2D eigenvalue weighted by Gasteiger charge is 2.60. The first kappa shape index (κ1) is 19.6. The predicted octanol–water partition coefficient (Wildman–Crippen LogP) is 2.04. The van der Waals surface area contributed by atoms with Crippen LogP contribution in [0.25, 0.3) is 0 Å². The van der Waals surface area contributed by atoms with Crippen LogP contribution >= 0.6 is 0 Å². The number of hydrogen-bond donors (Lipinski definition) is 1. The molecule has 1 saturated carbocycles. The quantitative estimate of drug-likeness (QED) is 0.615. The number of rotatable bonds is 4. The van der Waals surface area contributed by atoms with E-state index in [2.05, 4.69) is 0 Å². The summed E-state index contributed by atoms with van der Waals surface area (Å²) in [5, 5.41) is 11.4. The molecule has 2 aliphatic rings. The summed E-state index contributed by atoms with van der Waals surface area (Å²) in [5.74, 6) is -2.83. The van der Waals surface area contributed by atoms with Crippen LogP contribution in [0.5, 0.6) is 0 Å². The molecular formula is C19H28O6. The van der Waals surface area contributed by atoms with Crippen molar-refractivity contribution in [3.63, 3.8) is 0 Å². The van der Waals surface area contributed by atoms with E-state index in [1.807, 2.05) is 0 Å². The Kier molecular flexibility index (Phi) is 5.72. The minimum atomic E-state index is -1.92. The summed E-state index contributed by atoms with van der Waals surface area (Å²) in [7, 11) is 0. The SMILES string of the molecule is C/C=C/C(=O)[C@]1(O)[C@@H](C)CC[C@@H]2[C@@H](OC(=O)[C@@H]2C)[C@@H]1OC(=O)C(C)C. The lowest BCUT2D eigenvalue weighted by Gasteiger charge is -2.39. The maximum atomic E-state index is 12.7. The molecule has 1 heterocycles. The lowest BCUT2D eigenvalue weighted by atomic mass is 9.77. The van der Waals surface area contributed by atoms with Gasteiger partial charge in [-0.05, 0) is 31.8 Å². The average Bonchev–Trinajstić information content (AvgIpc) is 2.78. The Hall–Kier alpha value is -1.69. The van der Waals surface area contributed by atoms with E-state index >= 15 is 0 Å². The average molecular weight is 352 g/mol. The molecule has 25 heavy (non-hydrogen) atoms. The highest BCUT2D eigenvalue weighted by molar-refractivity contribution is 5.98. The van der Waals surface area contributed by atoms with Crippen molar-refractivity contribution >= 4 is 17.7 Å². The van der Waals surface area contributed by atoms with E-state index in [4.69, 9.17) is 9.47 Å². The molecule has 0 spiro atoms. The monoisotopic (exact) mass is 352 g/mol. The molecule has 6 heteroatoms. The first-order valence-electron chi connectivity index (χ1n) is 8.95. The summed E-state index contributed by atoms with van der Waals surface area (Å²) in [4.78, 5) is 37.0. The molecule has 0 aromatic rings. The van der Waals surface area contributed by atoms with Crippen molar-refractivity contribution in [1.82, 2.24) is 0 Å². The van der Waals surface area contributed by atoms with Crippen molar-refractivity contribution in [3.8, 4) is 0 Å². The van der Waals surface area contributed by atoms with Gasteiger partial charge in [0, 0.05) is 5.92 Å². The molecule has 1 saturated heterocycles. The van der Waals surface area contributed by atoms with Gasteiger partial charge in [0.05, 0.1) is 11.8 Å². The zero-order valence-electron chi connectivity index (χ0n) is 15.5. The van der Waals surface area contributed by atoms with E-state index in [1.165, 1.54) is 6.08 Å². The van der Waals surface area contributed by atoms with Crippen molar-refractivity contribution in [1.29, 1.82) is 0 Å². The van der Waals surface area contributed by atoms with E-state index in [0.29, 0.717) is 12.8 Å². The van der Waals surface area contributed by atoms with Gasteiger partial charge < -0.3 is 14.6 Å². The standard InChI is InChI=1S/C19H28O6/c1-6-7-14(20)19(23)11(4)8-9-13-12(5)18(22)24-15(13)16(19)25-17(21)10(2)3/h6-7,10-13,15-16,23H,8-9H2,1-5H3/b7-6+/t11-,12+,13-,15+,16-,19+/m0/s1. The Morgan fingerprint density at radius 3 is 2.52 bits per heavy atom. The number of hydrogen-bond acceptors (Lipinski definition) is 6. The second kappa shape index (κ2) is 7.28. The highest BCUT2D eigenvalue weighted by Crippen LogP contribution is 2.45. The van der Waals surface area contributed by atoms with Gasteiger partial charge in [0.15, 0.2) is 17.5 Å². The van der Waals surface area contributed by atoms with E-state index in [-0.39, 0.29) is 17.8 Å². The van der Waals surface area contributed by atoms with Gasteiger partial charge in [-0.25, -0.2) is 0 Å². The fourth-order valence-corrected chi connectivity index (χ4v) is 3.77. The van der Waals surface area contributed by atoms with Crippen LogP contribution in [0, 0.1) is 23.7 Å². The molecule has 1 N–H and O–H groups in total. The summed E-state index contributed by atoms with van der Waals surface area (Å²) >= 11 is 0. The molecule has 2 fully saturated rings. The van der Waals surface area contributed by atoms with Gasteiger partial charge >= 0.3 is 11.9 Å². The summed E-state index contributed by atoms with van der Waals surface area (Å²) in [6.45, 7) is 8.58. The van der Waals surface area contributed by atoms with Crippen LogP contribution in [0.1, 0.15) is 47.5 Å². The molecule has 140 valence electrons. The van der Waals surface area contributed by atoms with Crippen molar-refractivity contribution in [3.05, 3.63) is 12.2 Å². The number of fused-ring (bicyclic) bond motifs is 1. The number of carbonyl (C=O) groups is 3.